The zero-order valence-corrected chi connectivity index (χ0v) is 19.9. The summed E-state index contributed by atoms with van der Waals surface area (Å²) in [6.07, 6.45) is 9.36. The van der Waals surface area contributed by atoms with Gasteiger partial charge in [0, 0.05) is 35.0 Å². The predicted octanol–water partition coefficient (Wildman–Crippen LogP) is 5.08. The van der Waals surface area contributed by atoms with Crippen LogP contribution in [-0.2, 0) is 7.05 Å². The highest BCUT2D eigenvalue weighted by Gasteiger charge is 2.44. The van der Waals surface area contributed by atoms with Crippen LogP contribution in [0, 0.1) is 8.99 Å². The highest BCUT2D eigenvalue weighted by Crippen LogP contribution is 2.54. The Morgan fingerprint density at radius 1 is 1.16 bits per heavy atom. The minimum Gasteiger partial charge on any atom is -0.371 e. The van der Waals surface area contributed by atoms with Gasteiger partial charge < -0.3 is 10.2 Å². The quantitative estimate of drug-likeness (QED) is 0.481. The molecule has 3 aliphatic rings. The average Bonchev–Trinajstić information content (AvgIpc) is 3.70. The topological polar surface area (TPSA) is 63.1 Å². The highest BCUT2D eigenvalue weighted by molar-refractivity contribution is 14.1. The third kappa shape index (κ3) is 3.60. The van der Waals surface area contributed by atoms with Crippen LogP contribution in [0.2, 0.25) is 0 Å². The van der Waals surface area contributed by atoms with Crippen LogP contribution in [0.15, 0.2) is 30.5 Å². The maximum Gasteiger partial charge on any atom is 0.257 e. The van der Waals surface area contributed by atoms with E-state index < -0.39 is 0 Å². The van der Waals surface area contributed by atoms with Gasteiger partial charge in [0.15, 0.2) is 5.65 Å². The lowest BCUT2D eigenvalue weighted by Gasteiger charge is -2.35. The van der Waals surface area contributed by atoms with Crippen LogP contribution in [0.1, 0.15) is 60.5 Å². The van der Waals surface area contributed by atoms with Gasteiger partial charge >= 0.3 is 0 Å². The molecule has 1 aromatic carbocycles. The first-order valence-electron chi connectivity index (χ1n) is 11.2. The number of halogens is 1. The van der Waals surface area contributed by atoms with Crippen molar-refractivity contribution in [2.24, 2.45) is 12.5 Å². The third-order valence-corrected chi connectivity index (χ3v) is 7.93. The van der Waals surface area contributed by atoms with E-state index in [1.54, 1.807) is 6.20 Å². The number of aromatic nitrogens is 3. The van der Waals surface area contributed by atoms with E-state index in [4.69, 9.17) is 0 Å². The number of amides is 1. The summed E-state index contributed by atoms with van der Waals surface area (Å²) in [6.45, 7) is 2.07. The second-order valence-electron chi connectivity index (χ2n) is 9.48. The number of hydrogen-bond acceptors (Lipinski definition) is 4. The van der Waals surface area contributed by atoms with Gasteiger partial charge in [-0.25, -0.2) is 4.98 Å². The van der Waals surface area contributed by atoms with Crippen LogP contribution in [0.3, 0.4) is 0 Å². The molecule has 2 aromatic heterocycles. The number of benzene rings is 1. The Morgan fingerprint density at radius 2 is 1.94 bits per heavy atom. The fraction of sp³-hybridized carbons (Fsp3) is 0.458. The molecule has 0 radical (unpaired) electrons. The van der Waals surface area contributed by atoms with Crippen molar-refractivity contribution in [1.82, 2.24) is 14.8 Å². The predicted molar refractivity (Wildman–Crippen MR) is 131 cm³/mol. The van der Waals surface area contributed by atoms with Crippen LogP contribution in [0.25, 0.3) is 11.0 Å². The zero-order chi connectivity index (χ0) is 21.2. The van der Waals surface area contributed by atoms with Crippen molar-refractivity contribution < 1.29 is 4.79 Å². The molecule has 3 aromatic rings. The van der Waals surface area contributed by atoms with Gasteiger partial charge in [0.25, 0.3) is 5.91 Å². The molecule has 2 aliphatic carbocycles. The van der Waals surface area contributed by atoms with Crippen LogP contribution < -0.4 is 10.2 Å². The Kier molecular flexibility index (Phi) is 4.52. The number of hydrogen-bond donors (Lipinski definition) is 1. The molecule has 1 N–H and O–H groups in total. The molecule has 160 valence electrons. The van der Waals surface area contributed by atoms with Crippen LogP contribution in [0.4, 0.5) is 11.4 Å². The van der Waals surface area contributed by atoms with E-state index in [-0.39, 0.29) is 5.91 Å². The van der Waals surface area contributed by atoms with E-state index in [1.807, 2.05) is 29.9 Å². The molecule has 0 bridgehead atoms. The number of nitrogens with one attached hydrogen (secondary N) is 1. The molecular formula is C24H26IN5O. The molecule has 1 saturated heterocycles. The second kappa shape index (κ2) is 7.18. The van der Waals surface area contributed by atoms with Crippen molar-refractivity contribution in [2.45, 2.75) is 44.4 Å². The molecule has 3 heterocycles. The molecule has 7 heteroatoms. The monoisotopic (exact) mass is 527 g/mol. The minimum absolute atomic E-state index is 0.0730. The molecule has 1 amide bonds. The minimum atomic E-state index is -0.0730. The summed E-state index contributed by atoms with van der Waals surface area (Å²) in [5.74, 6) is 0.462. The number of carbonyl (C=O) groups excluding carboxylic acids is 1. The molecular weight excluding hydrogens is 501 g/mol. The van der Waals surface area contributed by atoms with Crippen molar-refractivity contribution in [2.75, 3.05) is 23.3 Å². The lowest BCUT2D eigenvalue weighted by Crippen LogP contribution is -2.35. The molecule has 1 spiro atoms. The molecule has 6 rings (SSSR count). The van der Waals surface area contributed by atoms with Crippen LogP contribution in [-0.4, -0.2) is 33.8 Å². The molecule has 31 heavy (non-hydrogen) atoms. The first-order chi connectivity index (χ1) is 15.0. The van der Waals surface area contributed by atoms with Crippen molar-refractivity contribution in [3.05, 3.63) is 45.3 Å². The standard InChI is InChI=1S/C24H26IN5O/c1-29-22-19(21(28-29)15-2-3-15)13-17(14-26-22)27-23(31)18-5-4-16(25)12-20(18)30-10-8-24(6-7-24)9-11-30/h4-5,12-15H,2-3,6-11H2,1H3,(H,27,31). The largest absolute Gasteiger partial charge is 0.371 e. The highest BCUT2D eigenvalue weighted by atomic mass is 127. The first-order valence-corrected chi connectivity index (χ1v) is 12.3. The third-order valence-electron chi connectivity index (χ3n) is 7.26. The van der Waals surface area contributed by atoms with E-state index >= 15 is 0 Å². The van der Waals surface area contributed by atoms with Crippen molar-refractivity contribution in [3.63, 3.8) is 0 Å². The molecule has 2 saturated carbocycles. The summed E-state index contributed by atoms with van der Waals surface area (Å²) >= 11 is 2.33. The fourth-order valence-corrected chi connectivity index (χ4v) is 5.42. The summed E-state index contributed by atoms with van der Waals surface area (Å²) in [5, 5.41) is 8.82. The number of aryl methyl sites for hydroxylation is 1. The van der Waals surface area contributed by atoms with E-state index in [2.05, 4.69) is 49.0 Å². The van der Waals surface area contributed by atoms with Crippen molar-refractivity contribution in [3.8, 4) is 0 Å². The summed E-state index contributed by atoms with van der Waals surface area (Å²) in [7, 11) is 1.93. The number of rotatable bonds is 4. The van der Waals surface area contributed by atoms with Crippen LogP contribution in [0.5, 0.6) is 0 Å². The number of pyridine rings is 1. The molecule has 3 fully saturated rings. The maximum atomic E-state index is 13.3. The van der Waals surface area contributed by atoms with Gasteiger partial charge in [-0.3, -0.25) is 9.48 Å². The van der Waals surface area contributed by atoms with Crippen molar-refractivity contribution >= 4 is 50.9 Å². The summed E-state index contributed by atoms with van der Waals surface area (Å²) in [4.78, 5) is 20.3. The van der Waals surface area contributed by atoms with Gasteiger partial charge in [-0.05, 0) is 90.8 Å². The van der Waals surface area contributed by atoms with Gasteiger partial charge in [0.1, 0.15) is 0 Å². The van der Waals surface area contributed by atoms with Crippen molar-refractivity contribution in [1.29, 1.82) is 0 Å². The number of carbonyl (C=O) groups is 1. The molecule has 6 nitrogen and oxygen atoms in total. The maximum absolute atomic E-state index is 13.3. The molecule has 0 unspecified atom stereocenters. The second-order valence-corrected chi connectivity index (χ2v) is 10.7. The van der Waals surface area contributed by atoms with Gasteiger partial charge in [-0.2, -0.15) is 5.10 Å². The van der Waals surface area contributed by atoms with E-state index in [0.717, 1.165) is 50.3 Å². The van der Waals surface area contributed by atoms with Gasteiger partial charge in [0.2, 0.25) is 0 Å². The van der Waals surface area contributed by atoms with Gasteiger partial charge in [-0.15, -0.1) is 0 Å². The number of piperidine rings is 1. The average molecular weight is 527 g/mol. The van der Waals surface area contributed by atoms with Gasteiger partial charge in [-0.1, -0.05) is 0 Å². The Labute approximate surface area is 195 Å². The summed E-state index contributed by atoms with van der Waals surface area (Å²) in [5.41, 5.74) is 5.11. The normalized spacial score (nSPS) is 19.7. The SMILES string of the molecule is Cn1nc(C2CC2)c2cc(NC(=O)c3ccc(I)cc3N3CCC4(CC3)CC4)cnc21. The number of anilines is 2. The van der Waals surface area contributed by atoms with Crippen LogP contribution >= 0.6 is 22.6 Å². The first kappa shape index (κ1) is 19.5. The fourth-order valence-electron chi connectivity index (χ4n) is 4.95. The van der Waals surface area contributed by atoms with E-state index in [1.165, 1.54) is 38.5 Å². The number of fused-ring (bicyclic) bond motifs is 1. The van der Waals surface area contributed by atoms with Gasteiger partial charge in [0.05, 0.1) is 28.8 Å². The Balaban J connectivity index is 1.28. The zero-order valence-electron chi connectivity index (χ0n) is 17.7. The van der Waals surface area contributed by atoms with E-state index in [9.17, 15) is 4.79 Å². The Bertz CT molecular complexity index is 1180. The lowest BCUT2D eigenvalue weighted by molar-refractivity contribution is 0.102. The molecule has 0 atom stereocenters. The molecule has 1 aliphatic heterocycles. The summed E-state index contributed by atoms with van der Waals surface area (Å²) < 4.78 is 3.00. The van der Waals surface area contributed by atoms with E-state index in [0.29, 0.717) is 11.3 Å². The smallest absolute Gasteiger partial charge is 0.257 e. The summed E-state index contributed by atoms with van der Waals surface area (Å²) in [6, 6.07) is 8.15. The lowest BCUT2D eigenvalue weighted by atomic mass is 9.93. The Morgan fingerprint density at radius 3 is 2.65 bits per heavy atom. The Hall–Kier alpha value is -2.16. The number of nitrogens with zero attached hydrogens (tertiary/aromatic N) is 4.